The number of halogens is 2. The van der Waals surface area contributed by atoms with Crippen molar-refractivity contribution in [2.45, 2.75) is 13.5 Å². The van der Waals surface area contributed by atoms with Gasteiger partial charge in [-0.3, -0.25) is 4.79 Å². The first kappa shape index (κ1) is 25.2. The maximum atomic E-state index is 12.5. The summed E-state index contributed by atoms with van der Waals surface area (Å²) in [6, 6.07) is 18.5. The number of hydrogen-bond donors (Lipinski definition) is 1. The summed E-state index contributed by atoms with van der Waals surface area (Å²) in [7, 11) is 1.61. The second-order valence-electron chi connectivity index (χ2n) is 7.36. The summed E-state index contributed by atoms with van der Waals surface area (Å²) in [5.41, 5.74) is 2.50. The predicted molar refractivity (Wildman–Crippen MR) is 145 cm³/mol. The SMILES string of the molecule is CCOc1cc(/C=C2\SC(=Nc3ccc(OC)cc3)NC2=O)cc(Br)c1OCc1ccc(Cl)cc1. The number of ether oxygens (including phenoxy) is 3. The Morgan fingerprint density at radius 2 is 1.83 bits per heavy atom. The minimum absolute atomic E-state index is 0.209. The molecule has 0 saturated carbocycles. The van der Waals surface area contributed by atoms with Crippen LogP contribution in [0.15, 0.2) is 75.0 Å². The molecular formula is C26H22BrClN2O4S. The van der Waals surface area contributed by atoms with E-state index in [1.807, 2.05) is 67.6 Å². The lowest BCUT2D eigenvalue weighted by atomic mass is 10.1. The third kappa shape index (κ3) is 6.60. The van der Waals surface area contributed by atoms with Crippen molar-refractivity contribution >= 4 is 62.1 Å². The Bertz CT molecular complexity index is 1280. The molecule has 3 aromatic carbocycles. The Morgan fingerprint density at radius 1 is 1.09 bits per heavy atom. The molecule has 1 heterocycles. The molecule has 3 aromatic rings. The second-order valence-corrected chi connectivity index (χ2v) is 9.68. The highest BCUT2D eigenvalue weighted by molar-refractivity contribution is 9.10. The number of hydrogen-bond acceptors (Lipinski definition) is 6. The molecule has 0 aliphatic carbocycles. The van der Waals surface area contributed by atoms with Crippen LogP contribution in [0.5, 0.6) is 17.2 Å². The number of carbonyl (C=O) groups excluding carboxylic acids is 1. The number of nitrogens with one attached hydrogen (secondary N) is 1. The fraction of sp³-hybridized carbons (Fsp3) is 0.154. The zero-order valence-electron chi connectivity index (χ0n) is 19.0. The molecule has 0 aromatic heterocycles. The molecule has 4 rings (SSSR count). The van der Waals surface area contributed by atoms with E-state index in [0.717, 1.165) is 27.0 Å². The summed E-state index contributed by atoms with van der Waals surface area (Å²) in [6.07, 6.45) is 1.80. The van der Waals surface area contributed by atoms with Gasteiger partial charge < -0.3 is 19.5 Å². The van der Waals surface area contributed by atoms with E-state index < -0.39 is 0 Å². The van der Waals surface area contributed by atoms with Gasteiger partial charge in [-0.1, -0.05) is 23.7 Å². The number of amidine groups is 1. The van der Waals surface area contributed by atoms with Gasteiger partial charge in [0.25, 0.3) is 5.91 Å². The maximum absolute atomic E-state index is 12.5. The largest absolute Gasteiger partial charge is 0.497 e. The number of amides is 1. The summed E-state index contributed by atoms with van der Waals surface area (Å²) in [5.74, 6) is 1.71. The van der Waals surface area contributed by atoms with Gasteiger partial charge in [0, 0.05) is 5.02 Å². The molecule has 0 unspecified atom stereocenters. The van der Waals surface area contributed by atoms with Crippen molar-refractivity contribution in [3.05, 3.63) is 86.2 Å². The standard InChI is InChI=1S/C26H22BrClN2O4S/c1-3-33-22-13-17(12-21(27)24(22)34-15-16-4-6-18(28)7-5-16)14-23-25(31)30-26(35-23)29-19-8-10-20(32-2)11-9-19/h4-14H,3,15H2,1-2H3,(H,29,30,31)/b23-14-. The fourth-order valence-corrected chi connectivity index (χ4v) is 4.76. The summed E-state index contributed by atoms with van der Waals surface area (Å²) in [4.78, 5) is 17.6. The van der Waals surface area contributed by atoms with Crippen LogP contribution in [0.2, 0.25) is 5.02 Å². The third-order valence-electron chi connectivity index (χ3n) is 4.88. The van der Waals surface area contributed by atoms with Gasteiger partial charge in [0.05, 0.1) is 28.8 Å². The molecule has 0 atom stereocenters. The first-order chi connectivity index (χ1) is 16.9. The number of carbonyl (C=O) groups is 1. The molecule has 0 radical (unpaired) electrons. The lowest BCUT2D eigenvalue weighted by molar-refractivity contribution is -0.115. The monoisotopic (exact) mass is 572 g/mol. The van der Waals surface area contributed by atoms with Crippen LogP contribution < -0.4 is 19.5 Å². The van der Waals surface area contributed by atoms with E-state index in [-0.39, 0.29) is 5.91 Å². The normalized spacial score (nSPS) is 15.4. The average Bonchev–Trinajstić information content (AvgIpc) is 3.18. The van der Waals surface area contributed by atoms with Crippen LogP contribution in [-0.2, 0) is 11.4 Å². The van der Waals surface area contributed by atoms with Gasteiger partial charge in [0.1, 0.15) is 12.4 Å². The zero-order valence-corrected chi connectivity index (χ0v) is 22.2. The molecule has 9 heteroatoms. The van der Waals surface area contributed by atoms with Crippen molar-refractivity contribution in [3.63, 3.8) is 0 Å². The van der Waals surface area contributed by atoms with E-state index in [1.165, 1.54) is 11.8 Å². The van der Waals surface area contributed by atoms with Crippen LogP contribution in [0.1, 0.15) is 18.1 Å². The summed E-state index contributed by atoms with van der Waals surface area (Å²) in [6.45, 7) is 2.74. The van der Waals surface area contributed by atoms with Crippen LogP contribution in [-0.4, -0.2) is 24.8 Å². The second kappa shape index (κ2) is 11.7. The van der Waals surface area contributed by atoms with E-state index in [9.17, 15) is 4.79 Å². The molecule has 0 bridgehead atoms. The number of aliphatic imine (C=N–C) groups is 1. The van der Waals surface area contributed by atoms with E-state index in [2.05, 4.69) is 26.2 Å². The zero-order chi connectivity index (χ0) is 24.8. The molecule has 35 heavy (non-hydrogen) atoms. The van der Waals surface area contributed by atoms with Crippen molar-refractivity contribution in [2.24, 2.45) is 4.99 Å². The molecule has 1 aliphatic rings. The first-order valence-corrected chi connectivity index (χ1v) is 12.7. The number of methoxy groups -OCH3 is 1. The highest BCUT2D eigenvalue weighted by atomic mass is 79.9. The predicted octanol–water partition coefficient (Wildman–Crippen LogP) is 6.98. The van der Waals surface area contributed by atoms with Gasteiger partial charge >= 0.3 is 0 Å². The van der Waals surface area contributed by atoms with Crippen LogP contribution in [0, 0.1) is 0 Å². The number of nitrogens with zero attached hydrogens (tertiary/aromatic N) is 1. The highest BCUT2D eigenvalue weighted by Crippen LogP contribution is 2.39. The van der Waals surface area contributed by atoms with Gasteiger partial charge in [-0.25, -0.2) is 4.99 Å². The fourth-order valence-electron chi connectivity index (χ4n) is 3.22. The van der Waals surface area contributed by atoms with E-state index in [4.69, 9.17) is 25.8 Å². The Labute approximate surface area is 221 Å². The molecule has 1 N–H and O–H groups in total. The Hall–Kier alpha value is -2.94. The molecule has 1 fully saturated rings. The van der Waals surface area contributed by atoms with E-state index in [1.54, 1.807) is 13.2 Å². The highest BCUT2D eigenvalue weighted by Gasteiger charge is 2.24. The number of benzene rings is 3. The van der Waals surface area contributed by atoms with Crippen molar-refractivity contribution in [2.75, 3.05) is 13.7 Å². The van der Waals surface area contributed by atoms with Crippen LogP contribution in [0.25, 0.3) is 6.08 Å². The number of thioether (sulfide) groups is 1. The van der Waals surface area contributed by atoms with Crippen LogP contribution >= 0.6 is 39.3 Å². The van der Waals surface area contributed by atoms with Crippen molar-refractivity contribution in [3.8, 4) is 17.2 Å². The summed E-state index contributed by atoms with van der Waals surface area (Å²) < 4.78 is 17.8. The lowest BCUT2D eigenvalue weighted by Gasteiger charge is -2.15. The molecule has 1 aliphatic heterocycles. The molecule has 1 saturated heterocycles. The van der Waals surface area contributed by atoms with Crippen LogP contribution in [0.3, 0.4) is 0 Å². The lowest BCUT2D eigenvalue weighted by Crippen LogP contribution is -2.19. The smallest absolute Gasteiger partial charge is 0.264 e. The van der Waals surface area contributed by atoms with Gasteiger partial charge in [0.15, 0.2) is 16.7 Å². The first-order valence-electron chi connectivity index (χ1n) is 10.7. The van der Waals surface area contributed by atoms with E-state index >= 15 is 0 Å². The van der Waals surface area contributed by atoms with Gasteiger partial charge in [-0.2, -0.15) is 0 Å². The van der Waals surface area contributed by atoms with Crippen molar-refractivity contribution < 1.29 is 19.0 Å². The van der Waals surface area contributed by atoms with Crippen molar-refractivity contribution in [1.29, 1.82) is 0 Å². The molecule has 0 spiro atoms. The quantitative estimate of drug-likeness (QED) is 0.295. The Morgan fingerprint density at radius 3 is 2.51 bits per heavy atom. The molecular weight excluding hydrogens is 552 g/mol. The average molecular weight is 574 g/mol. The topological polar surface area (TPSA) is 69.2 Å². The summed E-state index contributed by atoms with van der Waals surface area (Å²) >= 11 is 10.8. The van der Waals surface area contributed by atoms with Gasteiger partial charge in [-0.15, -0.1) is 0 Å². The molecule has 6 nitrogen and oxygen atoms in total. The molecule has 1 amide bonds. The maximum Gasteiger partial charge on any atom is 0.264 e. The van der Waals surface area contributed by atoms with Gasteiger partial charge in [-0.05, 0) is 100 Å². The number of rotatable bonds is 8. The summed E-state index contributed by atoms with van der Waals surface area (Å²) in [5, 5.41) is 3.99. The van der Waals surface area contributed by atoms with Crippen molar-refractivity contribution in [1.82, 2.24) is 5.32 Å². The minimum Gasteiger partial charge on any atom is -0.497 e. The minimum atomic E-state index is -0.209. The third-order valence-corrected chi connectivity index (χ3v) is 6.63. The van der Waals surface area contributed by atoms with Gasteiger partial charge in [0.2, 0.25) is 0 Å². The van der Waals surface area contributed by atoms with E-state index in [0.29, 0.717) is 39.8 Å². The van der Waals surface area contributed by atoms with Crippen LogP contribution in [0.4, 0.5) is 5.69 Å². The Balaban J connectivity index is 1.53. The molecule has 180 valence electrons. The Kier molecular flexibility index (Phi) is 8.38.